The Kier molecular flexibility index (Phi) is 3.24. The lowest BCUT2D eigenvalue weighted by molar-refractivity contribution is 0.194. The van der Waals surface area contributed by atoms with Gasteiger partial charge in [-0.25, -0.2) is 0 Å². The summed E-state index contributed by atoms with van der Waals surface area (Å²) in [5.74, 6) is 0.766. The first-order chi connectivity index (χ1) is 9.45. The average Bonchev–Trinajstić information content (AvgIpc) is 2.74. The maximum Gasteiger partial charge on any atom is 0.0583 e. The van der Waals surface area contributed by atoms with E-state index in [0.29, 0.717) is 5.41 Å². The van der Waals surface area contributed by atoms with E-state index in [9.17, 15) is 0 Å². The van der Waals surface area contributed by atoms with E-state index in [1.807, 2.05) is 24.3 Å². The van der Waals surface area contributed by atoms with E-state index in [4.69, 9.17) is 11.6 Å². The number of hydrogen-bond donors (Lipinski definition) is 0. The van der Waals surface area contributed by atoms with Crippen LogP contribution in [0.4, 0.5) is 0 Å². The number of benzene rings is 1. The van der Waals surface area contributed by atoms with Gasteiger partial charge in [-0.15, -0.1) is 0 Å². The molecule has 1 aromatic rings. The molecule has 2 aliphatic carbocycles. The Labute approximate surface area is 125 Å². The molecule has 1 aromatic carbocycles. The molecule has 2 atom stereocenters. The molecule has 2 fully saturated rings. The van der Waals surface area contributed by atoms with Gasteiger partial charge in [0.1, 0.15) is 0 Å². The van der Waals surface area contributed by atoms with E-state index < -0.39 is 0 Å². The Morgan fingerprint density at radius 2 is 2.00 bits per heavy atom. The summed E-state index contributed by atoms with van der Waals surface area (Å²) in [6, 6.07) is 7.71. The fraction of sp³-hybridized carbons (Fsp3) is 0.529. The van der Waals surface area contributed by atoms with Crippen LogP contribution >= 0.6 is 11.6 Å². The molecule has 0 spiro atoms. The van der Waals surface area contributed by atoms with E-state index in [1.165, 1.54) is 18.6 Å². The highest BCUT2D eigenvalue weighted by Crippen LogP contribution is 2.63. The summed E-state index contributed by atoms with van der Waals surface area (Å²) >= 11 is 6.12. The van der Waals surface area contributed by atoms with Gasteiger partial charge in [0.05, 0.1) is 6.21 Å². The number of hydrogen-bond acceptors (Lipinski definition) is 2. The predicted molar refractivity (Wildman–Crippen MR) is 85.7 cm³/mol. The fourth-order valence-electron chi connectivity index (χ4n) is 3.82. The highest BCUT2D eigenvalue weighted by atomic mass is 35.5. The number of rotatable bonds is 2. The van der Waals surface area contributed by atoms with Gasteiger partial charge in [0.2, 0.25) is 0 Å². The molecule has 0 heterocycles. The van der Waals surface area contributed by atoms with Gasteiger partial charge in [-0.1, -0.05) is 50.6 Å². The number of halogens is 1. The zero-order valence-corrected chi connectivity index (χ0v) is 13.1. The van der Waals surface area contributed by atoms with Crippen LogP contribution in [0.2, 0.25) is 5.02 Å². The monoisotopic (exact) mass is 288 g/mol. The molecule has 106 valence electrons. The molecule has 0 aliphatic heterocycles. The molecule has 3 rings (SSSR count). The number of fused-ring (bicyclic) bond motifs is 2. The summed E-state index contributed by atoms with van der Waals surface area (Å²) in [5.41, 5.74) is 2.76. The fourth-order valence-corrected chi connectivity index (χ4v) is 4.00. The van der Waals surface area contributed by atoms with E-state index in [1.54, 1.807) is 6.21 Å². The molecule has 0 saturated heterocycles. The smallest absolute Gasteiger partial charge is 0.0583 e. The van der Waals surface area contributed by atoms with Crippen LogP contribution < -0.4 is 0 Å². The summed E-state index contributed by atoms with van der Waals surface area (Å²) in [5, 5.41) is 9.55. The van der Waals surface area contributed by atoms with Crippen molar-refractivity contribution in [2.24, 2.45) is 27.0 Å². The SMILES string of the molecule is CC1(C)[C@H]2CC[C@@]1(C)/C(=N/N=C\c1ccccc1Cl)C2. The van der Waals surface area contributed by atoms with Gasteiger partial charge in [0, 0.05) is 21.7 Å². The zero-order valence-electron chi connectivity index (χ0n) is 12.4. The molecule has 0 N–H and O–H groups in total. The minimum atomic E-state index is 0.218. The Bertz CT molecular complexity index is 588. The predicted octanol–water partition coefficient (Wildman–Crippen LogP) is 4.96. The third-order valence-electron chi connectivity index (χ3n) is 5.79. The van der Waals surface area contributed by atoms with E-state index in [-0.39, 0.29) is 5.41 Å². The van der Waals surface area contributed by atoms with Gasteiger partial charge in [-0.3, -0.25) is 0 Å². The molecule has 0 aromatic heterocycles. The van der Waals surface area contributed by atoms with Crippen molar-refractivity contribution in [3.05, 3.63) is 34.9 Å². The lowest BCUT2D eigenvalue weighted by Crippen LogP contribution is -2.32. The standard InChI is InChI=1S/C17H21ClN2/c1-16(2)13-8-9-17(16,3)15(10-13)20-19-11-12-6-4-5-7-14(12)18/h4-7,11,13H,8-10H2,1-3H3/b19-11-,20-15+/t13-,17-/m0/s1. The van der Waals surface area contributed by atoms with E-state index in [0.717, 1.165) is 22.9 Å². The van der Waals surface area contributed by atoms with Crippen molar-refractivity contribution in [3.63, 3.8) is 0 Å². The third kappa shape index (κ3) is 1.93. The average molecular weight is 289 g/mol. The van der Waals surface area contributed by atoms with Crippen LogP contribution in [-0.4, -0.2) is 11.9 Å². The third-order valence-corrected chi connectivity index (χ3v) is 6.14. The topological polar surface area (TPSA) is 24.7 Å². The van der Waals surface area contributed by atoms with Gasteiger partial charge >= 0.3 is 0 Å². The first kappa shape index (κ1) is 13.8. The molecule has 3 heteroatoms. The van der Waals surface area contributed by atoms with Crippen molar-refractivity contribution in [1.29, 1.82) is 0 Å². The van der Waals surface area contributed by atoms with E-state index in [2.05, 4.69) is 31.0 Å². The molecule has 0 radical (unpaired) electrons. The lowest BCUT2D eigenvalue weighted by Gasteiger charge is -2.34. The van der Waals surface area contributed by atoms with Gasteiger partial charge in [0.15, 0.2) is 0 Å². The maximum atomic E-state index is 6.12. The maximum absolute atomic E-state index is 6.12. The Morgan fingerprint density at radius 1 is 1.25 bits per heavy atom. The normalized spacial score (nSPS) is 33.4. The molecular formula is C17H21ClN2. The Balaban J connectivity index is 1.84. The molecular weight excluding hydrogens is 268 g/mol. The lowest BCUT2D eigenvalue weighted by atomic mass is 9.70. The van der Waals surface area contributed by atoms with Crippen LogP contribution in [0, 0.1) is 16.7 Å². The van der Waals surface area contributed by atoms with Crippen LogP contribution in [0.1, 0.15) is 45.6 Å². The van der Waals surface area contributed by atoms with Crippen molar-refractivity contribution in [1.82, 2.24) is 0 Å². The molecule has 2 nitrogen and oxygen atoms in total. The van der Waals surface area contributed by atoms with Gasteiger partial charge in [0.25, 0.3) is 0 Å². The minimum absolute atomic E-state index is 0.218. The highest BCUT2D eigenvalue weighted by Gasteiger charge is 2.59. The Hall–Kier alpha value is -1.15. The minimum Gasteiger partial charge on any atom is -0.160 e. The summed E-state index contributed by atoms with van der Waals surface area (Å²) in [6.45, 7) is 7.11. The van der Waals surface area contributed by atoms with Crippen molar-refractivity contribution in [2.45, 2.75) is 40.0 Å². The molecule has 2 saturated carbocycles. The molecule has 2 bridgehead atoms. The van der Waals surface area contributed by atoms with Crippen molar-refractivity contribution >= 4 is 23.5 Å². The summed E-state index contributed by atoms with van der Waals surface area (Å²) in [7, 11) is 0. The first-order valence-corrected chi connectivity index (χ1v) is 7.68. The van der Waals surface area contributed by atoms with Crippen LogP contribution in [0.5, 0.6) is 0 Å². The van der Waals surface area contributed by atoms with Crippen LogP contribution in [0.15, 0.2) is 34.5 Å². The first-order valence-electron chi connectivity index (χ1n) is 7.30. The van der Waals surface area contributed by atoms with Gasteiger partial charge in [-0.05, 0) is 36.7 Å². The Morgan fingerprint density at radius 3 is 2.60 bits per heavy atom. The van der Waals surface area contributed by atoms with Crippen molar-refractivity contribution in [2.75, 3.05) is 0 Å². The molecule has 2 aliphatic rings. The zero-order chi connectivity index (χ0) is 14.4. The van der Waals surface area contributed by atoms with Crippen molar-refractivity contribution in [3.8, 4) is 0 Å². The highest BCUT2D eigenvalue weighted by molar-refractivity contribution is 6.33. The van der Waals surface area contributed by atoms with Gasteiger partial charge in [-0.2, -0.15) is 10.2 Å². The largest absolute Gasteiger partial charge is 0.160 e. The molecule has 0 amide bonds. The molecule has 20 heavy (non-hydrogen) atoms. The van der Waals surface area contributed by atoms with Crippen LogP contribution in [0.25, 0.3) is 0 Å². The van der Waals surface area contributed by atoms with Gasteiger partial charge < -0.3 is 0 Å². The van der Waals surface area contributed by atoms with Crippen molar-refractivity contribution < 1.29 is 0 Å². The summed E-state index contributed by atoms with van der Waals surface area (Å²) in [4.78, 5) is 0. The van der Waals surface area contributed by atoms with Crippen LogP contribution in [-0.2, 0) is 0 Å². The second-order valence-electron chi connectivity index (χ2n) is 6.81. The van der Waals surface area contributed by atoms with E-state index >= 15 is 0 Å². The summed E-state index contributed by atoms with van der Waals surface area (Å²) < 4.78 is 0. The quantitative estimate of drug-likeness (QED) is 0.543. The second-order valence-corrected chi connectivity index (χ2v) is 7.21. The second kappa shape index (κ2) is 4.70. The summed E-state index contributed by atoms with van der Waals surface area (Å²) in [6.07, 6.45) is 5.43. The van der Waals surface area contributed by atoms with Crippen LogP contribution in [0.3, 0.4) is 0 Å². The molecule has 0 unspecified atom stereocenters. The number of nitrogens with zero attached hydrogens (tertiary/aromatic N) is 2.